The molecule has 0 aromatic rings. The first kappa shape index (κ1) is 60.3. The molecule has 3 heterocycles. The molecule has 452 valence electrons. The van der Waals surface area contributed by atoms with E-state index in [2.05, 4.69) is 27.7 Å². The molecular formula is C66H104O14. The van der Waals surface area contributed by atoms with Crippen LogP contribution in [0.25, 0.3) is 0 Å². The van der Waals surface area contributed by atoms with Gasteiger partial charge in [0, 0.05) is 12.3 Å². The Morgan fingerprint density at radius 2 is 1.14 bits per heavy atom. The zero-order valence-corrected chi connectivity index (χ0v) is 51.8. The molecule has 1 N–H and O–H groups in total. The van der Waals surface area contributed by atoms with E-state index < -0.39 is 59.4 Å². The summed E-state index contributed by atoms with van der Waals surface area (Å²) >= 11 is 0. The van der Waals surface area contributed by atoms with Crippen LogP contribution >= 0.6 is 0 Å². The van der Waals surface area contributed by atoms with Crippen LogP contribution in [-0.4, -0.2) is 93.9 Å². The van der Waals surface area contributed by atoms with Crippen LogP contribution < -0.4 is 0 Å². The minimum atomic E-state index is -1.04. The predicted octanol–water partition coefficient (Wildman–Crippen LogP) is 12.4. The molecule has 3 aliphatic heterocycles. The average Bonchev–Trinajstić information content (AvgIpc) is 4.44. The van der Waals surface area contributed by atoms with E-state index in [9.17, 15) is 29.1 Å². The molecule has 0 amide bonds. The average molecular weight is 1120 g/mol. The summed E-state index contributed by atoms with van der Waals surface area (Å²) in [6.07, 6.45) is 18.9. The first-order valence-corrected chi connectivity index (χ1v) is 32.1. The van der Waals surface area contributed by atoms with Crippen molar-refractivity contribution in [2.45, 2.75) is 291 Å². The second-order valence-electron chi connectivity index (χ2n) is 31.5. The Hall–Kier alpha value is -2.81. The highest BCUT2D eigenvalue weighted by atomic mass is 16.9. The highest BCUT2D eigenvalue weighted by Crippen LogP contribution is 2.70. The lowest BCUT2D eigenvalue weighted by Gasteiger charge is -2.59. The molecule has 0 spiro atoms. The third kappa shape index (κ3) is 11.1. The minimum absolute atomic E-state index is 0.0185. The summed E-state index contributed by atoms with van der Waals surface area (Å²) in [6, 6.07) is 0. The SMILES string of the molecule is CCC(C)(C)C(=O)OC1(C)C2CC3CC(C2)CC1C3.CCC(C)(C)C(=O)OC1(C)CC2CC1C1C3CCC(C3)C21.CCC(C)(C)C(=O)OC12CC3CC(CC(O)(C3)C1)C2.CCC(C)C(=O)OC1C(=O)OC2C3OC(C)(C)OC3OC12. The van der Waals surface area contributed by atoms with E-state index in [4.69, 9.17) is 37.9 Å². The molecule has 0 aromatic heterocycles. The molecular weight excluding hydrogens is 1020 g/mol. The van der Waals surface area contributed by atoms with Crippen molar-refractivity contribution < 1.29 is 67.0 Å². The van der Waals surface area contributed by atoms with E-state index in [1.54, 1.807) is 20.8 Å². The van der Waals surface area contributed by atoms with Crippen LogP contribution in [0, 0.1) is 93.2 Å². The number of carbonyl (C=O) groups excluding carboxylic acids is 5. The molecule has 15 unspecified atom stereocenters. The zero-order valence-electron chi connectivity index (χ0n) is 51.8. The maximum Gasteiger partial charge on any atom is 0.350 e. The van der Waals surface area contributed by atoms with Gasteiger partial charge in [0.05, 0.1) is 27.8 Å². The normalized spacial score (nSPS) is 45.2. The minimum Gasteiger partial charge on any atom is -0.459 e. The van der Waals surface area contributed by atoms with E-state index in [-0.39, 0.29) is 51.5 Å². The molecule has 15 atom stereocenters. The summed E-state index contributed by atoms with van der Waals surface area (Å²) in [6.45, 7) is 29.7. The Labute approximate surface area is 479 Å². The van der Waals surface area contributed by atoms with Gasteiger partial charge in [-0.3, -0.25) is 19.2 Å². The van der Waals surface area contributed by atoms with Gasteiger partial charge in [-0.05, 0) is 256 Å². The van der Waals surface area contributed by atoms with Crippen molar-refractivity contribution in [1.82, 2.24) is 0 Å². The lowest BCUT2D eigenvalue weighted by Crippen LogP contribution is -2.61. The number of ether oxygens (including phenoxy) is 8. The Morgan fingerprint density at radius 1 is 0.613 bits per heavy atom. The summed E-state index contributed by atoms with van der Waals surface area (Å²) in [4.78, 5) is 61.2. The molecule has 3 saturated heterocycles. The lowest BCUT2D eigenvalue weighted by molar-refractivity contribution is -0.225. The first-order valence-electron chi connectivity index (χ1n) is 32.1. The predicted molar refractivity (Wildman–Crippen MR) is 299 cm³/mol. The van der Waals surface area contributed by atoms with Crippen LogP contribution in [0.5, 0.6) is 0 Å². The van der Waals surface area contributed by atoms with Crippen LogP contribution in [-0.2, 0) is 61.9 Å². The van der Waals surface area contributed by atoms with E-state index in [1.807, 2.05) is 55.4 Å². The fourth-order valence-electron chi connectivity index (χ4n) is 18.7. The molecule has 12 aliphatic carbocycles. The second kappa shape index (κ2) is 21.3. The molecule has 0 radical (unpaired) electrons. The van der Waals surface area contributed by atoms with Crippen LogP contribution in [0.15, 0.2) is 0 Å². The van der Waals surface area contributed by atoms with Crippen molar-refractivity contribution in [1.29, 1.82) is 0 Å². The summed E-state index contributed by atoms with van der Waals surface area (Å²) in [7, 11) is 0. The smallest absolute Gasteiger partial charge is 0.350 e. The highest BCUT2D eigenvalue weighted by molar-refractivity contribution is 5.83. The Morgan fingerprint density at radius 3 is 1.68 bits per heavy atom. The van der Waals surface area contributed by atoms with E-state index in [0.717, 1.165) is 92.8 Å². The monoisotopic (exact) mass is 1120 g/mol. The van der Waals surface area contributed by atoms with E-state index in [0.29, 0.717) is 42.4 Å². The van der Waals surface area contributed by atoms with Crippen LogP contribution in [0.2, 0.25) is 0 Å². The van der Waals surface area contributed by atoms with E-state index in [1.165, 1.54) is 64.2 Å². The number of fused-ring (bicyclic) bond motifs is 12. The topological polar surface area (TPSA) is 179 Å². The summed E-state index contributed by atoms with van der Waals surface area (Å²) in [5.74, 6) is 7.44. The maximum absolute atomic E-state index is 12.6. The fourth-order valence-corrected chi connectivity index (χ4v) is 18.7. The summed E-state index contributed by atoms with van der Waals surface area (Å²) in [5, 5.41) is 10.6. The highest BCUT2D eigenvalue weighted by Gasteiger charge is 2.68. The number of carbonyl (C=O) groups is 5. The van der Waals surface area contributed by atoms with Crippen LogP contribution in [0.1, 0.15) is 232 Å². The van der Waals surface area contributed by atoms with Crippen molar-refractivity contribution in [2.75, 3.05) is 0 Å². The van der Waals surface area contributed by atoms with Crippen molar-refractivity contribution >= 4 is 29.8 Å². The van der Waals surface area contributed by atoms with Gasteiger partial charge in [0.2, 0.25) is 6.10 Å². The molecule has 12 saturated carbocycles. The molecule has 15 rings (SSSR count). The van der Waals surface area contributed by atoms with Gasteiger partial charge in [-0.1, -0.05) is 34.6 Å². The second-order valence-corrected chi connectivity index (χ2v) is 31.5. The standard InChI is InChI=1S/C19H30O2.C17H28O2.C16H26O3.C14H20O7/c1-5-18(2,3)17(20)21-19(4)10-13-9-14(19)16-12-7-6-11(8-12)15(13)16;1-5-16(2,3)15(18)19-17(4)13-7-11-6-12(9-13)10-14(17)8-11;1-4-14(2,3)13(17)19-16-8-11-5-12(9-16)7-15(18,6-11)10-16;1-5-6(2)11(15)18-9-7-8(17-12(9)16)10-13(19-7)21-14(3,4)20-10/h11-16H,5-10H2,1-4H3;11-14H,5-10H2,1-4H3;11-12,18H,4-10H2,1-3H3;6-10,13H,5H2,1-4H3. The largest absolute Gasteiger partial charge is 0.459 e. The molecule has 14 nitrogen and oxygen atoms in total. The molecule has 15 fully saturated rings. The quantitative estimate of drug-likeness (QED) is 0.111. The third-order valence-corrected chi connectivity index (χ3v) is 24.1. The first-order chi connectivity index (χ1) is 37.3. The van der Waals surface area contributed by atoms with Crippen molar-refractivity contribution in [3.8, 4) is 0 Å². The Bertz CT molecular complexity index is 2310. The molecule has 0 aromatic carbocycles. The van der Waals surface area contributed by atoms with Crippen molar-refractivity contribution in [2.24, 2.45) is 93.2 Å². The van der Waals surface area contributed by atoms with Gasteiger partial charge in [0.25, 0.3) is 0 Å². The van der Waals surface area contributed by atoms with Gasteiger partial charge in [-0.25, -0.2) is 4.79 Å². The number of hydrogen-bond donors (Lipinski definition) is 1. The number of esters is 5. The van der Waals surface area contributed by atoms with E-state index >= 15 is 0 Å². The van der Waals surface area contributed by atoms with Crippen LogP contribution in [0.3, 0.4) is 0 Å². The van der Waals surface area contributed by atoms with Gasteiger partial charge in [-0.2, -0.15) is 0 Å². The van der Waals surface area contributed by atoms with Gasteiger partial charge in [-0.15, -0.1) is 0 Å². The lowest BCUT2D eigenvalue weighted by atomic mass is 9.50. The fraction of sp³-hybridized carbons (Fsp3) is 0.924. The van der Waals surface area contributed by atoms with Gasteiger partial charge in [0.15, 0.2) is 24.3 Å². The number of aliphatic hydroxyl groups is 1. The Balaban J connectivity index is 0.000000120. The zero-order chi connectivity index (χ0) is 58.1. The van der Waals surface area contributed by atoms with Gasteiger partial charge < -0.3 is 43.0 Å². The summed E-state index contributed by atoms with van der Waals surface area (Å²) < 4.78 is 45.8. The summed E-state index contributed by atoms with van der Waals surface area (Å²) in [5.41, 5.74) is -2.33. The maximum atomic E-state index is 12.6. The molecule has 15 aliphatic rings. The van der Waals surface area contributed by atoms with Crippen molar-refractivity contribution in [3.63, 3.8) is 0 Å². The van der Waals surface area contributed by atoms with Crippen molar-refractivity contribution in [3.05, 3.63) is 0 Å². The molecule has 12 bridgehead atoms. The molecule has 80 heavy (non-hydrogen) atoms. The number of rotatable bonds is 12. The number of hydrogen-bond acceptors (Lipinski definition) is 14. The van der Waals surface area contributed by atoms with Gasteiger partial charge in [0.1, 0.15) is 22.9 Å². The Kier molecular flexibility index (Phi) is 16.1. The third-order valence-electron chi connectivity index (χ3n) is 24.1. The van der Waals surface area contributed by atoms with Crippen LogP contribution in [0.4, 0.5) is 0 Å². The molecule has 14 heteroatoms. The van der Waals surface area contributed by atoms with Gasteiger partial charge >= 0.3 is 29.8 Å².